The molecule has 3 aliphatic rings. The second-order valence-electron chi connectivity index (χ2n) is 12.7. The molecule has 9 nitrogen and oxygen atoms in total. The van der Waals surface area contributed by atoms with E-state index < -0.39 is 42.1 Å². The molecule has 1 saturated carbocycles. The predicted octanol–water partition coefficient (Wildman–Crippen LogP) is 2.82. The number of carbonyl (C=O) groups is 2. The Morgan fingerprint density at radius 3 is 2.47 bits per heavy atom. The molecule has 2 bridgehead atoms. The van der Waals surface area contributed by atoms with E-state index in [1.165, 1.54) is 0 Å². The third kappa shape index (κ3) is 5.56. The molecule has 3 fully saturated rings. The van der Waals surface area contributed by atoms with Gasteiger partial charge in [0.2, 0.25) is 5.91 Å². The third-order valence-corrected chi connectivity index (χ3v) is 8.26. The average molecular weight is 525 g/mol. The molecule has 38 heavy (non-hydrogen) atoms. The molecule has 2 N–H and O–H groups in total. The smallest absolute Gasteiger partial charge is 0.444 e. The van der Waals surface area contributed by atoms with Crippen LogP contribution in [-0.4, -0.2) is 64.1 Å². The molecule has 2 heterocycles. The number of fused-ring (bicyclic) bond motifs is 2. The maximum atomic E-state index is 13.4. The quantitative estimate of drug-likeness (QED) is 0.548. The lowest BCUT2D eigenvalue weighted by molar-refractivity contribution is -0.128. The van der Waals surface area contributed by atoms with Crippen LogP contribution < -0.4 is 10.8 Å². The van der Waals surface area contributed by atoms with Crippen LogP contribution >= 0.6 is 0 Å². The van der Waals surface area contributed by atoms with Crippen LogP contribution in [0.1, 0.15) is 78.9 Å². The van der Waals surface area contributed by atoms with Crippen molar-refractivity contribution in [2.75, 3.05) is 0 Å². The second-order valence-corrected chi connectivity index (χ2v) is 12.7. The fourth-order valence-electron chi connectivity index (χ4n) is 5.65. The van der Waals surface area contributed by atoms with Crippen LogP contribution in [0.3, 0.4) is 0 Å². The van der Waals surface area contributed by atoms with Crippen molar-refractivity contribution in [2.45, 2.75) is 116 Å². The molecule has 10 heteroatoms. The summed E-state index contributed by atoms with van der Waals surface area (Å²) in [6.45, 7) is 13.1. The van der Waals surface area contributed by atoms with Gasteiger partial charge in [-0.3, -0.25) is 9.69 Å². The molecule has 0 radical (unpaired) electrons. The Hall–Kier alpha value is -2.61. The number of aliphatic hydroxyl groups excluding tert-OH is 1. The number of piperidine rings is 1. The average Bonchev–Trinajstić information content (AvgIpc) is 3.48. The normalized spacial score (nSPS) is 26.2. The van der Waals surface area contributed by atoms with Crippen molar-refractivity contribution in [3.63, 3.8) is 0 Å². The van der Waals surface area contributed by atoms with E-state index >= 15 is 0 Å². The van der Waals surface area contributed by atoms with Gasteiger partial charge in [-0.25, -0.2) is 4.79 Å². The lowest BCUT2D eigenvalue weighted by atomic mass is 9.75. The zero-order chi connectivity index (χ0) is 28.0. The van der Waals surface area contributed by atoms with E-state index in [-0.39, 0.29) is 30.9 Å². The van der Waals surface area contributed by atoms with Gasteiger partial charge in [0.1, 0.15) is 17.7 Å². The van der Waals surface area contributed by atoms with Crippen LogP contribution in [0.25, 0.3) is 0 Å². The van der Waals surface area contributed by atoms with E-state index in [9.17, 15) is 20.0 Å². The first-order valence-corrected chi connectivity index (χ1v) is 13.5. The number of hydrogen-bond acceptors (Lipinski definition) is 7. The molecule has 4 unspecified atom stereocenters. The number of nitriles is 1. The summed E-state index contributed by atoms with van der Waals surface area (Å²) in [6.07, 6.45) is 2.28. The second kappa shape index (κ2) is 10.2. The van der Waals surface area contributed by atoms with Crippen molar-refractivity contribution in [3.05, 3.63) is 29.3 Å². The molecule has 1 aliphatic carbocycles. The Bertz CT molecular complexity index is 1110. The number of rotatable bonds is 6. The molecule has 2 saturated heterocycles. The minimum atomic E-state index is -0.795. The van der Waals surface area contributed by atoms with Gasteiger partial charge >= 0.3 is 13.2 Å². The van der Waals surface area contributed by atoms with Crippen LogP contribution in [0.4, 0.5) is 4.79 Å². The fraction of sp³-hybridized carbons (Fsp3) is 0.679. The Kier molecular flexibility index (Phi) is 7.61. The van der Waals surface area contributed by atoms with Gasteiger partial charge in [0.25, 0.3) is 0 Å². The molecule has 1 aromatic carbocycles. The van der Waals surface area contributed by atoms with Crippen LogP contribution in [0.2, 0.25) is 0 Å². The van der Waals surface area contributed by atoms with Gasteiger partial charge in [0.05, 0.1) is 23.9 Å². The van der Waals surface area contributed by atoms with E-state index in [0.29, 0.717) is 5.56 Å². The number of aliphatic hydroxyl groups is 1. The van der Waals surface area contributed by atoms with E-state index in [1.54, 1.807) is 25.7 Å². The lowest BCUT2D eigenvalue weighted by Gasteiger charge is -2.35. The van der Waals surface area contributed by atoms with Gasteiger partial charge in [-0.1, -0.05) is 18.2 Å². The summed E-state index contributed by atoms with van der Waals surface area (Å²) in [4.78, 5) is 27.9. The number of nitrogens with zero attached hydrogens (tertiary/aromatic N) is 2. The van der Waals surface area contributed by atoms with E-state index in [2.05, 4.69) is 11.4 Å². The van der Waals surface area contributed by atoms with Gasteiger partial charge < -0.3 is 24.5 Å². The summed E-state index contributed by atoms with van der Waals surface area (Å²) in [7, 11) is -0.612. The molecule has 206 valence electrons. The van der Waals surface area contributed by atoms with Gasteiger partial charge in [-0.05, 0) is 90.2 Å². The highest BCUT2D eigenvalue weighted by Crippen LogP contribution is 2.43. The summed E-state index contributed by atoms with van der Waals surface area (Å²) < 4.78 is 17.9. The number of benzene rings is 1. The van der Waals surface area contributed by atoms with Crippen LogP contribution in [0.15, 0.2) is 18.2 Å². The molecule has 4 rings (SSSR count). The minimum absolute atomic E-state index is 0.0132. The molecule has 1 aromatic rings. The summed E-state index contributed by atoms with van der Waals surface area (Å²) in [5.41, 5.74) is 0.498. The van der Waals surface area contributed by atoms with Crippen molar-refractivity contribution < 1.29 is 28.7 Å². The van der Waals surface area contributed by atoms with Gasteiger partial charge in [-0.2, -0.15) is 5.26 Å². The topological polar surface area (TPSA) is 121 Å². The largest absolute Gasteiger partial charge is 0.495 e. The molecule has 2 amide bonds. The molecule has 0 spiro atoms. The number of carbonyl (C=O) groups excluding carboxylic acids is 2. The lowest BCUT2D eigenvalue weighted by Crippen LogP contribution is -2.55. The first kappa shape index (κ1) is 28.4. The van der Waals surface area contributed by atoms with Crippen molar-refractivity contribution in [2.24, 2.45) is 5.92 Å². The zero-order valence-electron chi connectivity index (χ0n) is 23.5. The third-order valence-electron chi connectivity index (χ3n) is 8.26. The first-order chi connectivity index (χ1) is 17.7. The molecule has 4 atom stereocenters. The van der Waals surface area contributed by atoms with Crippen LogP contribution in [-0.2, 0) is 31.9 Å². The van der Waals surface area contributed by atoms with E-state index in [1.807, 2.05) is 45.9 Å². The van der Waals surface area contributed by atoms with E-state index in [4.69, 9.17) is 14.0 Å². The Morgan fingerprint density at radius 2 is 1.89 bits per heavy atom. The highest BCUT2D eigenvalue weighted by atomic mass is 16.7. The number of hydrogen-bond donors (Lipinski definition) is 2. The Labute approximate surface area is 225 Å². The standard InChI is InChI=1S/C28H40BN3O6/c1-26(2,3)36-25(35)32-21-10-9-18(14-21)23(32)24(34)31-20(15-30)13-17-8-11-22(19(12-17)16-33)29-37-27(4,5)28(6,7)38-29/h8,11-12,18,20-21,23,33H,9-10,13-14,16H2,1-7H3,(H,31,34). The van der Waals surface area contributed by atoms with E-state index in [0.717, 1.165) is 30.3 Å². The van der Waals surface area contributed by atoms with Crippen molar-refractivity contribution in [1.29, 1.82) is 5.26 Å². The summed E-state index contributed by atoms with van der Waals surface area (Å²) in [5.74, 6) is -0.266. The first-order valence-electron chi connectivity index (χ1n) is 13.5. The number of nitrogens with one attached hydrogen (secondary N) is 1. The zero-order valence-corrected chi connectivity index (χ0v) is 23.5. The number of amides is 2. The summed E-state index contributed by atoms with van der Waals surface area (Å²) in [5, 5.41) is 22.8. The molecule has 2 aliphatic heterocycles. The van der Waals surface area contributed by atoms with Gasteiger partial charge in [0, 0.05) is 12.5 Å². The van der Waals surface area contributed by atoms with Gasteiger partial charge in [0.15, 0.2) is 0 Å². The number of likely N-dealkylation sites (tertiary alicyclic amines) is 1. The predicted molar refractivity (Wildman–Crippen MR) is 142 cm³/mol. The Morgan fingerprint density at radius 1 is 1.24 bits per heavy atom. The summed E-state index contributed by atoms with van der Waals surface area (Å²) >= 11 is 0. The van der Waals surface area contributed by atoms with Crippen molar-refractivity contribution >= 4 is 24.6 Å². The summed E-state index contributed by atoms with van der Waals surface area (Å²) in [6, 6.07) is 6.26. The number of ether oxygens (including phenoxy) is 1. The van der Waals surface area contributed by atoms with Crippen LogP contribution in [0, 0.1) is 17.2 Å². The Balaban J connectivity index is 1.46. The molecular formula is C28H40BN3O6. The monoisotopic (exact) mass is 525 g/mol. The highest BCUT2D eigenvalue weighted by molar-refractivity contribution is 6.62. The minimum Gasteiger partial charge on any atom is -0.444 e. The van der Waals surface area contributed by atoms with Crippen molar-refractivity contribution in [3.8, 4) is 6.07 Å². The SMILES string of the molecule is CC(C)(C)OC(=O)N1C2CCC(C2)C1C(=O)NC(C#N)Cc1ccc(B2OC(C)(C)C(C)(C)O2)c(CO)c1. The van der Waals surface area contributed by atoms with Crippen molar-refractivity contribution in [1.82, 2.24) is 10.2 Å². The fourth-order valence-corrected chi connectivity index (χ4v) is 5.65. The maximum Gasteiger partial charge on any atom is 0.495 e. The maximum absolute atomic E-state index is 13.4. The highest BCUT2D eigenvalue weighted by Gasteiger charge is 2.53. The molecule has 0 aromatic heterocycles. The van der Waals surface area contributed by atoms with Gasteiger partial charge in [-0.15, -0.1) is 0 Å². The van der Waals surface area contributed by atoms with Crippen LogP contribution in [0.5, 0.6) is 0 Å². The molecular weight excluding hydrogens is 485 g/mol.